The Hall–Kier alpha value is -2.21. The van der Waals surface area contributed by atoms with Crippen molar-refractivity contribution in [2.45, 2.75) is 6.42 Å². The van der Waals surface area contributed by atoms with Crippen molar-refractivity contribution in [3.05, 3.63) is 52.0 Å². The van der Waals surface area contributed by atoms with E-state index in [-0.39, 0.29) is 22.9 Å². The lowest BCUT2D eigenvalue weighted by Crippen LogP contribution is -2.15. The van der Waals surface area contributed by atoms with Crippen LogP contribution in [0.5, 0.6) is 0 Å². The number of halogens is 1. The van der Waals surface area contributed by atoms with Crippen LogP contribution < -0.4 is 5.32 Å². The average molecular weight is 279 g/mol. The molecule has 2 rings (SSSR count). The number of benzene rings is 1. The highest BCUT2D eigenvalue weighted by molar-refractivity contribution is 7.12. The molecule has 0 atom stereocenters. The standard InChI is InChI=1S/C13H10FNO3S/c14-9-3-1-2-8(6-9)7-11(16)15-10-4-5-19-12(10)13(17)18/h1-6H,7H2,(H,15,16)(H,17,18). The SMILES string of the molecule is O=C(Cc1cccc(F)c1)Nc1ccsc1C(=O)O. The van der Waals surface area contributed by atoms with Crippen molar-refractivity contribution >= 4 is 28.9 Å². The Morgan fingerprint density at radius 1 is 1.32 bits per heavy atom. The van der Waals surface area contributed by atoms with Gasteiger partial charge in [-0.15, -0.1) is 11.3 Å². The van der Waals surface area contributed by atoms with E-state index in [0.717, 1.165) is 11.3 Å². The summed E-state index contributed by atoms with van der Waals surface area (Å²) >= 11 is 1.03. The third-order valence-corrected chi connectivity index (χ3v) is 3.29. The van der Waals surface area contributed by atoms with Crippen LogP contribution in [-0.4, -0.2) is 17.0 Å². The summed E-state index contributed by atoms with van der Waals surface area (Å²) in [4.78, 5) is 22.7. The zero-order valence-corrected chi connectivity index (χ0v) is 10.5. The number of hydrogen-bond donors (Lipinski definition) is 2. The van der Waals surface area contributed by atoms with Crippen LogP contribution in [0.3, 0.4) is 0 Å². The minimum absolute atomic E-state index is 0.00728. The molecule has 0 aliphatic rings. The molecule has 0 aliphatic carbocycles. The van der Waals surface area contributed by atoms with Gasteiger partial charge in [-0.2, -0.15) is 0 Å². The number of carbonyl (C=O) groups is 2. The van der Waals surface area contributed by atoms with E-state index >= 15 is 0 Å². The molecule has 0 unspecified atom stereocenters. The van der Waals surface area contributed by atoms with Gasteiger partial charge in [-0.25, -0.2) is 9.18 Å². The fourth-order valence-corrected chi connectivity index (χ4v) is 2.29. The molecule has 0 saturated heterocycles. The lowest BCUT2D eigenvalue weighted by molar-refractivity contribution is -0.115. The summed E-state index contributed by atoms with van der Waals surface area (Å²) in [6.45, 7) is 0. The number of carboxylic acid groups (broad SMARTS) is 1. The molecule has 4 nitrogen and oxygen atoms in total. The molecular weight excluding hydrogens is 269 g/mol. The van der Waals surface area contributed by atoms with Gasteiger partial charge in [0.1, 0.15) is 10.7 Å². The number of aromatic carboxylic acids is 1. The van der Waals surface area contributed by atoms with Crippen LogP contribution in [0, 0.1) is 5.82 Å². The van der Waals surface area contributed by atoms with Crippen molar-refractivity contribution in [1.29, 1.82) is 0 Å². The summed E-state index contributed by atoms with van der Waals surface area (Å²) in [5, 5.41) is 13.0. The Labute approximate surface area is 112 Å². The van der Waals surface area contributed by atoms with E-state index in [1.165, 1.54) is 24.3 Å². The van der Waals surface area contributed by atoms with Crippen molar-refractivity contribution in [3.63, 3.8) is 0 Å². The Bertz CT molecular complexity index is 624. The van der Waals surface area contributed by atoms with Gasteiger partial charge in [-0.3, -0.25) is 4.79 Å². The first kappa shape index (κ1) is 13.2. The van der Waals surface area contributed by atoms with Gasteiger partial charge in [-0.05, 0) is 29.1 Å². The van der Waals surface area contributed by atoms with E-state index in [1.54, 1.807) is 11.4 Å². The summed E-state index contributed by atoms with van der Waals surface area (Å²) < 4.78 is 13.0. The van der Waals surface area contributed by atoms with E-state index in [1.807, 2.05) is 0 Å². The molecule has 1 aromatic carbocycles. The van der Waals surface area contributed by atoms with E-state index in [4.69, 9.17) is 5.11 Å². The molecule has 0 radical (unpaired) electrons. The van der Waals surface area contributed by atoms with Gasteiger partial charge in [0.25, 0.3) is 0 Å². The molecule has 6 heteroatoms. The molecule has 19 heavy (non-hydrogen) atoms. The van der Waals surface area contributed by atoms with Crippen LogP contribution in [0.25, 0.3) is 0 Å². The number of hydrogen-bond acceptors (Lipinski definition) is 3. The number of carbonyl (C=O) groups excluding carboxylic acids is 1. The number of amides is 1. The first-order valence-corrected chi connectivity index (χ1v) is 6.29. The predicted octanol–water partition coefficient (Wildman–Crippen LogP) is 2.77. The molecule has 1 heterocycles. The quantitative estimate of drug-likeness (QED) is 0.904. The van der Waals surface area contributed by atoms with Gasteiger partial charge in [0.15, 0.2) is 0 Å². The fraction of sp³-hybridized carbons (Fsp3) is 0.0769. The highest BCUT2D eigenvalue weighted by atomic mass is 32.1. The number of nitrogens with one attached hydrogen (secondary N) is 1. The second-order valence-corrected chi connectivity index (χ2v) is 4.74. The van der Waals surface area contributed by atoms with E-state index in [9.17, 15) is 14.0 Å². The molecule has 98 valence electrons. The second kappa shape index (κ2) is 5.62. The van der Waals surface area contributed by atoms with Gasteiger partial charge in [0.2, 0.25) is 5.91 Å². The molecule has 0 fully saturated rings. The molecule has 0 aliphatic heterocycles. The summed E-state index contributed by atoms with van der Waals surface area (Å²) in [5.41, 5.74) is 0.795. The van der Waals surface area contributed by atoms with Crippen molar-refractivity contribution in [2.24, 2.45) is 0 Å². The van der Waals surface area contributed by atoms with Crippen LogP contribution in [0.2, 0.25) is 0 Å². The van der Waals surface area contributed by atoms with Crippen molar-refractivity contribution in [1.82, 2.24) is 0 Å². The van der Waals surface area contributed by atoms with E-state index < -0.39 is 11.8 Å². The fourth-order valence-electron chi connectivity index (χ4n) is 1.60. The Morgan fingerprint density at radius 2 is 2.11 bits per heavy atom. The number of rotatable bonds is 4. The Morgan fingerprint density at radius 3 is 2.79 bits per heavy atom. The first-order valence-electron chi connectivity index (χ1n) is 5.41. The van der Waals surface area contributed by atoms with Crippen LogP contribution >= 0.6 is 11.3 Å². The zero-order chi connectivity index (χ0) is 13.8. The number of thiophene rings is 1. The van der Waals surface area contributed by atoms with Crippen molar-refractivity contribution < 1.29 is 19.1 Å². The highest BCUT2D eigenvalue weighted by Crippen LogP contribution is 2.22. The third-order valence-electron chi connectivity index (χ3n) is 2.39. The van der Waals surface area contributed by atoms with E-state index in [0.29, 0.717) is 5.56 Å². The minimum Gasteiger partial charge on any atom is -0.477 e. The molecule has 1 aromatic heterocycles. The minimum atomic E-state index is -1.09. The Kier molecular flexibility index (Phi) is 3.91. The number of anilines is 1. The molecule has 0 saturated carbocycles. The molecular formula is C13H10FNO3S. The van der Waals surface area contributed by atoms with Gasteiger partial charge in [-0.1, -0.05) is 12.1 Å². The maximum absolute atomic E-state index is 13.0. The summed E-state index contributed by atoms with van der Waals surface area (Å²) in [7, 11) is 0. The van der Waals surface area contributed by atoms with E-state index in [2.05, 4.69) is 5.32 Å². The largest absolute Gasteiger partial charge is 0.477 e. The molecule has 2 N–H and O–H groups in total. The van der Waals surface area contributed by atoms with Crippen LogP contribution in [0.15, 0.2) is 35.7 Å². The lowest BCUT2D eigenvalue weighted by atomic mass is 10.1. The molecule has 2 aromatic rings. The molecule has 0 spiro atoms. The smallest absolute Gasteiger partial charge is 0.348 e. The van der Waals surface area contributed by atoms with Crippen molar-refractivity contribution in [3.8, 4) is 0 Å². The average Bonchev–Trinajstić information content (AvgIpc) is 2.76. The van der Waals surface area contributed by atoms with Crippen LogP contribution in [-0.2, 0) is 11.2 Å². The highest BCUT2D eigenvalue weighted by Gasteiger charge is 2.14. The predicted molar refractivity (Wildman–Crippen MR) is 70.0 cm³/mol. The van der Waals surface area contributed by atoms with Gasteiger partial charge in [0, 0.05) is 0 Å². The van der Waals surface area contributed by atoms with Crippen LogP contribution in [0.1, 0.15) is 15.2 Å². The lowest BCUT2D eigenvalue weighted by Gasteiger charge is -2.04. The maximum Gasteiger partial charge on any atom is 0.348 e. The van der Waals surface area contributed by atoms with Gasteiger partial charge < -0.3 is 10.4 Å². The molecule has 1 amide bonds. The Balaban J connectivity index is 2.05. The molecule has 0 bridgehead atoms. The van der Waals surface area contributed by atoms with Gasteiger partial charge in [0.05, 0.1) is 12.1 Å². The maximum atomic E-state index is 13.0. The third kappa shape index (κ3) is 3.38. The normalized spacial score (nSPS) is 10.2. The van der Waals surface area contributed by atoms with Gasteiger partial charge >= 0.3 is 5.97 Å². The summed E-state index contributed by atoms with van der Waals surface area (Å²) in [6, 6.07) is 7.24. The zero-order valence-electron chi connectivity index (χ0n) is 9.72. The van der Waals surface area contributed by atoms with Crippen LogP contribution in [0.4, 0.5) is 10.1 Å². The summed E-state index contributed by atoms with van der Waals surface area (Å²) in [5.74, 6) is -1.88. The number of carboxylic acids is 1. The first-order chi connectivity index (χ1) is 9.06. The second-order valence-electron chi connectivity index (χ2n) is 3.82. The summed E-state index contributed by atoms with van der Waals surface area (Å²) in [6.07, 6.45) is -0.00728. The topological polar surface area (TPSA) is 66.4 Å². The van der Waals surface area contributed by atoms with Crippen molar-refractivity contribution in [2.75, 3.05) is 5.32 Å². The monoisotopic (exact) mass is 279 g/mol.